The van der Waals surface area contributed by atoms with Crippen LogP contribution in [0.1, 0.15) is 18.5 Å². The molecule has 23 heavy (non-hydrogen) atoms. The van der Waals surface area contributed by atoms with Crippen LogP contribution < -0.4 is 15.2 Å². The highest BCUT2D eigenvalue weighted by molar-refractivity contribution is 8.13. The average Bonchev–Trinajstić information content (AvgIpc) is 2.60. The van der Waals surface area contributed by atoms with Gasteiger partial charge < -0.3 is 15.2 Å². The van der Waals surface area contributed by atoms with Crippen molar-refractivity contribution in [3.8, 4) is 11.5 Å². The Morgan fingerprint density at radius 1 is 1.09 bits per heavy atom. The molecule has 0 amide bonds. The number of nitrogens with two attached hydrogens (primary N) is 1. The van der Waals surface area contributed by atoms with E-state index < -0.39 is 0 Å². The summed E-state index contributed by atoms with van der Waals surface area (Å²) in [5.41, 5.74) is 7.13. The molecule has 0 spiro atoms. The monoisotopic (exact) mass is 330 g/mol. The second-order valence-electron chi connectivity index (χ2n) is 4.93. The Bertz CT molecular complexity index is 615. The van der Waals surface area contributed by atoms with Crippen LogP contribution in [0.3, 0.4) is 0 Å². The number of hydrogen-bond donors (Lipinski definition) is 1. The fourth-order valence-corrected chi connectivity index (χ4v) is 2.62. The summed E-state index contributed by atoms with van der Waals surface area (Å²) in [7, 11) is 1.64. The number of rotatable bonds is 7. The van der Waals surface area contributed by atoms with Crippen LogP contribution in [-0.4, -0.2) is 24.6 Å². The van der Waals surface area contributed by atoms with Crippen LogP contribution in [0.5, 0.6) is 11.5 Å². The zero-order valence-electron chi connectivity index (χ0n) is 13.4. The van der Waals surface area contributed by atoms with E-state index in [0.717, 1.165) is 22.8 Å². The predicted molar refractivity (Wildman–Crippen MR) is 97.4 cm³/mol. The van der Waals surface area contributed by atoms with Crippen LogP contribution in [0.2, 0.25) is 0 Å². The van der Waals surface area contributed by atoms with Crippen LogP contribution in [0.4, 0.5) is 0 Å². The van der Waals surface area contributed by atoms with Gasteiger partial charge in [-0.3, -0.25) is 4.99 Å². The lowest BCUT2D eigenvalue weighted by molar-refractivity contribution is 0.343. The minimum absolute atomic E-state index is 0.0613. The van der Waals surface area contributed by atoms with E-state index in [1.54, 1.807) is 7.11 Å². The molecule has 1 atom stereocenters. The summed E-state index contributed by atoms with van der Waals surface area (Å²) < 4.78 is 10.8. The van der Waals surface area contributed by atoms with Gasteiger partial charge in [0.2, 0.25) is 0 Å². The van der Waals surface area contributed by atoms with Gasteiger partial charge in [-0.05, 0) is 36.8 Å². The third-order valence-corrected chi connectivity index (χ3v) is 4.04. The standard InChI is InChI=1S/C18H22N2O2S/c1-14(15-6-4-3-5-7-15)20-18(19)23-13-12-22-17-10-8-16(21-2)9-11-17/h3-11,14H,12-13H2,1-2H3,(H2,19,20)/t14-/m1/s1. The third kappa shape index (κ3) is 5.87. The summed E-state index contributed by atoms with van der Waals surface area (Å²) in [5.74, 6) is 2.39. The van der Waals surface area contributed by atoms with Gasteiger partial charge >= 0.3 is 0 Å². The van der Waals surface area contributed by atoms with Crippen molar-refractivity contribution >= 4 is 16.9 Å². The van der Waals surface area contributed by atoms with Crippen LogP contribution in [-0.2, 0) is 0 Å². The maximum absolute atomic E-state index is 5.97. The number of methoxy groups -OCH3 is 1. The SMILES string of the molecule is COc1ccc(OCCSC(N)=N[C@H](C)c2ccccc2)cc1. The number of nitrogens with zero attached hydrogens (tertiary/aromatic N) is 1. The number of thioether (sulfide) groups is 1. The second kappa shape index (κ2) is 9.10. The summed E-state index contributed by atoms with van der Waals surface area (Å²) in [6, 6.07) is 17.7. The highest BCUT2D eigenvalue weighted by atomic mass is 32.2. The van der Waals surface area contributed by atoms with Crippen LogP contribution in [0.15, 0.2) is 59.6 Å². The predicted octanol–water partition coefficient (Wildman–Crippen LogP) is 3.88. The highest BCUT2D eigenvalue weighted by Gasteiger charge is 2.04. The molecule has 2 aromatic rings. The summed E-state index contributed by atoms with van der Waals surface area (Å²) in [5, 5.41) is 0.583. The summed E-state index contributed by atoms with van der Waals surface area (Å²) in [6.45, 7) is 2.61. The Balaban J connectivity index is 1.73. The largest absolute Gasteiger partial charge is 0.497 e. The maximum atomic E-state index is 5.97. The lowest BCUT2D eigenvalue weighted by Gasteiger charge is -2.09. The summed E-state index contributed by atoms with van der Waals surface area (Å²) in [6.07, 6.45) is 0. The Morgan fingerprint density at radius 2 is 1.74 bits per heavy atom. The van der Waals surface area contributed by atoms with E-state index in [1.807, 2.05) is 49.4 Å². The van der Waals surface area contributed by atoms with Crippen molar-refractivity contribution in [2.24, 2.45) is 10.7 Å². The van der Waals surface area contributed by atoms with Crippen molar-refractivity contribution in [1.29, 1.82) is 0 Å². The smallest absolute Gasteiger partial charge is 0.154 e. The van der Waals surface area contributed by atoms with Gasteiger partial charge in [0.25, 0.3) is 0 Å². The molecule has 0 aromatic heterocycles. The Kier molecular flexibility index (Phi) is 6.81. The Labute approximate surface area is 141 Å². The molecule has 2 rings (SSSR count). The summed E-state index contributed by atoms with van der Waals surface area (Å²) in [4.78, 5) is 4.50. The quantitative estimate of drug-likeness (QED) is 0.475. The fraction of sp³-hybridized carbons (Fsp3) is 0.278. The van der Waals surface area contributed by atoms with E-state index in [0.29, 0.717) is 11.8 Å². The van der Waals surface area contributed by atoms with E-state index in [4.69, 9.17) is 15.2 Å². The lowest BCUT2D eigenvalue weighted by Crippen LogP contribution is -2.12. The molecule has 0 bridgehead atoms. The molecule has 0 saturated heterocycles. The topological polar surface area (TPSA) is 56.8 Å². The molecule has 0 radical (unpaired) electrons. The molecular formula is C18H22N2O2S. The molecule has 0 aliphatic rings. The third-order valence-electron chi connectivity index (χ3n) is 3.26. The molecule has 0 saturated carbocycles. The van der Waals surface area contributed by atoms with Gasteiger partial charge in [0.05, 0.1) is 19.8 Å². The molecule has 122 valence electrons. The Hall–Kier alpha value is -2.14. The minimum atomic E-state index is 0.0613. The molecule has 0 fully saturated rings. The van der Waals surface area contributed by atoms with Crippen LogP contribution in [0, 0.1) is 0 Å². The molecule has 0 heterocycles. The van der Waals surface area contributed by atoms with E-state index >= 15 is 0 Å². The van der Waals surface area contributed by atoms with Gasteiger partial charge in [-0.25, -0.2) is 0 Å². The van der Waals surface area contributed by atoms with Crippen molar-refractivity contribution < 1.29 is 9.47 Å². The number of ether oxygens (including phenoxy) is 2. The van der Waals surface area contributed by atoms with E-state index in [9.17, 15) is 0 Å². The van der Waals surface area contributed by atoms with Gasteiger partial charge in [0.1, 0.15) is 11.5 Å². The Morgan fingerprint density at radius 3 is 2.39 bits per heavy atom. The normalized spacial score (nSPS) is 12.7. The molecule has 2 N–H and O–H groups in total. The van der Waals surface area contributed by atoms with E-state index in [1.165, 1.54) is 11.8 Å². The molecule has 0 aliphatic carbocycles. The van der Waals surface area contributed by atoms with Crippen LogP contribution in [0.25, 0.3) is 0 Å². The summed E-state index contributed by atoms with van der Waals surface area (Å²) >= 11 is 1.50. The zero-order chi connectivity index (χ0) is 16.5. The van der Waals surface area contributed by atoms with Crippen molar-refractivity contribution in [2.45, 2.75) is 13.0 Å². The number of benzene rings is 2. The number of amidine groups is 1. The van der Waals surface area contributed by atoms with Crippen LogP contribution >= 0.6 is 11.8 Å². The molecule has 0 unspecified atom stereocenters. The van der Waals surface area contributed by atoms with Crippen molar-refractivity contribution in [3.63, 3.8) is 0 Å². The molecular weight excluding hydrogens is 308 g/mol. The fourth-order valence-electron chi connectivity index (χ4n) is 2.01. The lowest BCUT2D eigenvalue weighted by atomic mass is 10.1. The first-order valence-electron chi connectivity index (χ1n) is 7.47. The van der Waals surface area contributed by atoms with Gasteiger partial charge in [0, 0.05) is 5.75 Å². The minimum Gasteiger partial charge on any atom is -0.497 e. The zero-order valence-corrected chi connectivity index (χ0v) is 14.3. The first kappa shape index (κ1) is 17.2. The van der Waals surface area contributed by atoms with Crippen molar-refractivity contribution in [3.05, 3.63) is 60.2 Å². The number of hydrogen-bond acceptors (Lipinski definition) is 4. The first-order chi connectivity index (χ1) is 11.2. The van der Waals surface area contributed by atoms with E-state index in [2.05, 4.69) is 17.1 Å². The van der Waals surface area contributed by atoms with Crippen molar-refractivity contribution in [1.82, 2.24) is 0 Å². The first-order valence-corrected chi connectivity index (χ1v) is 8.45. The van der Waals surface area contributed by atoms with E-state index in [-0.39, 0.29) is 6.04 Å². The number of aliphatic imine (C=N–C) groups is 1. The van der Waals surface area contributed by atoms with Gasteiger partial charge in [-0.15, -0.1) is 0 Å². The second-order valence-corrected chi connectivity index (χ2v) is 6.04. The maximum Gasteiger partial charge on any atom is 0.154 e. The van der Waals surface area contributed by atoms with Gasteiger partial charge in [-0.1, -0.05) is 42.1 Å². The molecule has 2 aromatic carbocycles. The molecule has 0 aliphatic heterocycles. The van der Waals surface area contributed by atoms with Crippen molar-refractivity contribution in [2.75, 3.05) is 19.5 Å². The molecule has 5 heteroatoms. The van der Waals surface area contributed by atoms with Gasteiger partial charge in [-0.2, -0.15) is 0 Å². The van der Waals surface area contributed by atoms with Gasteiger partial charge in [0.15, 0.2) is 5.17 Å². The molecule has 4 nitrogen and oxygen atoms in total. The highest BCUT2D eigenvalue weighted by Crippen LogP contribution is 2.19. The average molecular weight is 330 g/mol.